The minimum atomic E-state index is -0.758. The molecule has 0 heterocycles. The number of likely N-dealkylation sites (N-methyl/N-ethyl adjacent to an activating group) is 1. The first-order valence-electron chi connectivity index (χ1n) is 5.64. The monoisotopic (exact) mass is 230 g/mol. The van der Waals surface area contributed by atoms with Gasteiger partial charge in [0.05, 0.1) is 12.5 Å². The lowest BCUT2D eigenvalue weighted by Crippen LogP contribution is -2.38. The Morgan fingerprint density at radius 3 is 2.38 bits per heavy atom. The molecule has 0 radical (unpaired) electrons. The zero-order chi connectivity index (χ0) is 12.6. The minimum Gasteiger partial charge on any atom is -0.481 e. The number of hydrogen-bond acceptors (Lipinski definition) is 3. The van der Waals surface area contributed by atoms with E-state index < -0.39 is 5.97 Å². The summed E-state index contributed by atoms with van der Waals surface area (Å²) in [5.41, 5.74) is 0. The Morgan fingerprint density at radius 1 is 1.25 bits per heavy atom. The number of amides is 1. The summed E-state index contributed by atoms with van der Waals surface area (Å²) in [5, 5.41) is 14.3. The van der Waals surface area contributed by atoms with Crippen LogP contribution in [0.2, 0.25) is 0 Å². The van der Waals surface area contributed by atoms with Gasteiger partial charge in [0.2, 0.25) is 5.91 Å². The van der Waals surface area contributed by atoms with Crippen LogP contribution in [-0.4, -0.2) is 36.6 Å². The molecule has 0 saturated heterocycles. The van der Waals surface area contributed by atoms with E-state index in [0.29, 0.717) is 13.0 Å². The lowest BCUT2D eigenvalue weighted by Gasteiger charge is -2.14. The van der Waals surface area contributed by atoms with Crippen LogP contribution >= 0.6 is 0 Å². The highest BCUT2D eigenvalue weighted by molar-refractivity contribution is 5.78. The highest BCUT2D eigenvalue weighted by Crippen LogP contribution is 2.09. The zero-order valence-electron chi connectivity index (χ0n) is 10.2. The van der Waals surface area contributed by atoms with Crippen molar-refractivity contribution in [2.75, 3.05) is 13.6 Å². The molecule has 5 heteroatoms. The van der Waals surface area contributed by atoms with Gasteiger partial charge in [-0.25, -0.2) is 0 Å². The maximum atomic E-state index is 11.2. The van der Waals surface area contributed by atoms with Crippen LogP contribution in [0.3, 0.4) is 0 Å². The molecule has 16 heavy (non-hydrogen) atoms. The van der Waals surface area contributed by atoms with Gasteiger partial charge in [-0.3, -0.25) is 9.59 Å². The van der Waals surface area contributed by atoms with Crippen LogP contribution in [-0.2, 0) is 9.59 Å². The van der Waals surface area contributed by atoms with Gasteiger partial charge < -0.3 is 15.7 Å². The molecule has 0 fully saturated rings. The fourth-order valence-corrected chi connectivity index (χ4v) is 1.41. The fourth-order valence-electron chi connectivity index (χ4n) is 1.41. The molecular weight excluding hydrogens is 208 g/mol. The van der Waals surface area contributed by atoms with E-state index >= 15 is 0 Å². The topological polar surface area (TPSA) is 78.4 Å². The molecule has 0 saturated carbocycles. The van der Waals surface area contributed by atoms with E-state index in [1.165, 1.54) is 0 Å². The number of carboxylic acids is 1. The smallest absolute Gasteiger partial charge is 0.306 e. The van der Waals surface area contributed by atoms with Crippen molar-refractivity contribution < 1.29 is 14.7 Å². The number of hydrogen-bond donors (Lipinski definition) is 3. The molecule has 0 aliphatic heterocycles. The van der Waals surface area contributed by atoms with Gasteiger partial charge in [0.1, 0.15) is 0 Å². The van der Waals surface area contributed by atoms with Crippen molar-refractivity contribution in [3.05, 3.63) is 0 Å². The molecule has 0 spiro atoms. The molecule has 2 atom stereocenters. The molecule has 3 N–H and O–H groups in total. The molecule has 2 unspecified atom stereocenters. The second kappa shape index (κ2) is 8.10. The number of carboxylic acid groups (broad SMARTS) is 1. The number of nitrogens with one attached hydrogen (secondary N) is 2. The van der Waals surface area contributed by atoms with Crippen molar-refractivity contribution >= 4 is 11.9 Å². The summed E-state index contributed by atoms with van der Waals surface area (Å²) in [5.74, 6) is -1.09. The first-order valence-corrected chi connectivity index (χ1v) is 5.64. The van der Waals surface area contributed by atoms with Gasteiger partial charge in [-0.05, 0) is 26.8 Å². The van der Waals surface area contributed by atoms with Gasteiger partial charge in [0.25, 0.3) is 0 Å². The average molecular weight is 230 g/mol. The van der Waals surface area contributed by atoms with Gasteiger partial charge >= 0.3 is 5.97 Å². The summed E-state index contributed by atoms with van der Waals surface area (Å²) in [6.45, 7) is 3.95. The van der Waals surface area contributed by atoms with Gasteiger partial charge in [0.15, 0.2) is 0 Å². The quantitative estimate of drug-likeness (QED) is 0.570. The fraction of sp³-hybridized carbons (Fsp3) is 0.818. The maximum Gasteiger partial charge on any atom is 0.306 e. The second-order valence-electron chi connectivity index (χ2n) is 4.17. The third-order valence-corrected chi connectivity index (χ3v) is 2.44. The van der Waals surface area contributed by atoms with E-state index in [1.807, 2.05) is 6.92 Å². The van der Waals surface area contributed by atoms with Crippen molar-refractivity contribution in [1.29, 1.82) is 0 Å². The van der Waals surface area contributed by atoms with Crippen molar-refractivity contribution in [3.63, 3.8) is 0 Å². The van der Waals surface area contributed by atoms with E-state index in [4.69, 9.17) is 5.11 Å². The molecule has 5 nitrogen and oxygen atoms in total. The van der Waals surface area contributed by atoms with Crippen LogP contribution in [0.5, 0.6) is 0 Å². The first-order chi connectivity index (χ1) is 7.47. The highest BCUT2D eigenvalue weighted by atomic mass is 16.4. The van der Waals surface area contributed by atoms with E-state index in [2.05, 4.69) is 10.6 Å². The molecule has 0 aliphatic rings. The molecule has 0 bridgehead atoms. The van der Waals surface area contributed by atoms with E-state index in [0.717, 1.165) is 12.8 Å². The molecule has 0 aliphatic carbocycles. The summed E-state index contributed by atoms with van der Waals surface area (Å²) in [4.78, 5) is 21.8. The number of carbonyl (C=O) groups excluding carboxylic acids is 1. The van der Waals surface area contributed by atoms with E-state index in [9.17, 15) is 9.59 Å². The highest BCUT2D eigenvalue weighted by Gasteiger charge is 2.11. The predicted octanol–water partition coefficient (Wildman–Crippen LogP) is 0.601. The standard InChI is InChI=1S/C11H22N2O3/c1-8(11(15)16)5-4-6-9(2)13-10(14)7-12-3/h8-9,12H,4-7H2,1-3H3,(H,13,14)(H,15,16). The Hall–Kier alpha value is -1.10. The molecule has 0 aromatic rings. The van der Waals surface area contributed by atoms with Gasteiger partial charge in [0, 0.05) is 6.04 Å². The number of carbonyl (C=O) groups is 2. The number of rotatable bonds is 8. The van der Waals surface area contributed by atoms with Crippen molar-refractivity contribution in [1.82, 2.24) is 10.6 Å². The van der Waals surface area contributed by atoms with Gasteiger partial charge in [-0.15, -0.1) is 0 Å². The Bertz CT molecular complexity index is 231. The average Bonchev–Trinajstić information content (AvgIpc) is 2.17. The largest absolute Gasteiger partial charge is 0.481 e. The Morgan fingerprint density at radius 2 is 1.88 bits per heavy atom. The predicted molar refractivity (Wildman–Crippen MR) is 62.2 cm³/mol. The molecule has 0 rings (SSSR count). The first kappa shape index (κ1) is 14.9. The summed E-state index contributed by atoms with van der Waals surface area (Å²) in [6.07, 6.45) is 2.28. The van der Waals surface area contributed by atoms with Gasteiger partial charge in [-0.1, -0.05) is 13.3 Å². The van der Waals surface area contributed by atoms with Crippen LogP contribution in [0.1, 0.15) is 33.1 Å². The summed E-state index contributed by atoms with van der Waals surface area (Å²) in [7, 11) is 1.72. The minimum absolute atomic E-state index is 0.0266. The molecule has 1 amide bonds. The van der Waals surface area contributed by atoms with Crippen molar-refractivity contribution in [3.8, 4) is 0 Å². The summed E-state index contributed by atoms with van der Waals surface area (Å²) < 4.78 is 0. The normalized spacial score (nSPS) is 14.2. The lowest BCUT2D eigenvalue weighted by atomic mass is 10.0. The van der Waals surface area contributed by atoms with Crippen molar-refractivity contribution in [2.45, 2.75) is 39.2 Å². The SMILES string of the molecule is CNCC(=O)NC(C)CCCC(C)C(=O)O. The van der Waals surface area contributed by atoms with E-state index in [-0.39, 0.29) is 17.9 Å². The van der Waals surface area contributed by atoms with Crippen molar-refractivity contribution in [2.24, 2.45) is 5.92 Å². The third-order valence-electron chi connectivity index (χ3n) is 2.44. The van der Waals surface area contributed by atoms with E-state index in [1.54, 1.807) is 14.0 Å². The molecule has 94 valence electrons. The molecular formula is C11H22N2O3. The summed E-state index contributed by atoms with van der Waals surface area (Å²) >= 11 is 0. The molecule has 0 aromatic heterocycles. The molecule has 0 aromatic carbocycles. The van der Waals surface area contributed by atoms with Crippen LogP contribution in [0.4, 0.5) is 0 Å². The Labute approximate surface area is 96.6 Å². The lowest BCUT2D eigenvalue weighted by molar-refractivity contribution is -0.141. The maximum absolute atomic E-state index is 11.2. The van der Waals surface area contributed by atoms with Crippen LogP contribution in [0.25, 0.3) is 0 Å². The third kappa shape index (κ3) is 7.23. The number of aliphatic carboxylic acids is 1. The second-order valence-corrected chi connectivity index (χ2v) is 4.17. The Balaban J connectivity index is 3.61. The van der Waals surface area contributed by atoms with Crippen LogP contribution in [0, 0.1) is 5.92 Å². The summed E-state index contributed by atoms with van der Waals surface area (Å²) in [6, 6.07) is 0.0989. The zero-order valence-corrected chi connectivity index (χ0v) is 10.2. The van der Waals surface area contributed by atoms with Crippen LogP contribution < -0.4 is 10.6 Å². The van der Waals surface area contributed by atoms with Gasteiger partial charge in [-0.2, -0.15) is 0 Å². The van der Waals surface area contributed by atoms with Crippen LogP contribution in [0.15, 0.2) is 0 Å². The Kier molecular flexibility index (Phi) is 7.54.